The second kappa shape index (κ2) is 5.05. The number of amides is 1. The summed E-state index contributed by atoms with van der Waals surface area (Å²) in [6, 6.07) is 6.08. The van der Waals surface area contributed by atoms with Crippen LogP contribution in [0.4, 0.5) is 0 Å². The molecule has 2 aliphatic rings. The average Bonchev–Trinajstić information content (AvgIpc) is 2.89. The van der Waals surface area contributed by atoms with Gasteiger partial charge in [0.25, 0.3) is 0 Å². The first-order valence-corrected chi connectivity index (χ1v) is 6.51. The number of likely N-dealkylation sites (N-methyl/N-ethyl adjacent to an activating group) is 1. The van der Waals surface area contributed by atoms with Gasteiger partial charge in [-0.1, -0.05) is 24.3 Å². The van der Waals surface area contributed by atoms with Crippen LogP contribution < -0.4 is 4.74 Å². The number of benzene rings is 1. The van der Waals surface area contributed by atoms with Gasteiger partial charge in [-0.3, -0.25) is 4.79 Å². The Morgan fingerprint density at radius 2 is 2.37 bits per heavy atom. The zero-order valence-corrected chi connectivity index (χ0v) is 11.0. The fourth-order valence-electron chi connectivity index (χ4n) is 2.44. The number of fused-ring (bicyclic) bond motifs is 1. The molecule has 0 N–H and O–H groups in total. The van der Waals surface area contributed by atoms with Gasteiger partial charge in [-0.2, -0.15) is 0 Å². The lowest BCUT2D eigenvalue weighted by Gasteiger charge is -2.29. The number of carbonyl (C=O) groups is 1. The second-order valence-electron chi connectivity index (χ2n) is 4.95. The molecule has 1 atom stereocenters. The molecule has 1 aromatic rings. The predicted molar refractivity (Wildman–Crippen MR) is 72.1 cm³/mol. The normalized spacial score (nSPS) is 21.6. The van der Waals surface area contributed by atoms with Gasteiger partial charge in [0, 0.05) is 19.2 Å². The van der Waals surface area contributed by atoms with Gasteiger partial charge >= 0.3 is 0 Å². The van der Waals surface area contributed by atoms with Gasteiger partial charge in [-0.25, -0.2) is 0 Å². The summed E-state index contributed by atoms with van der Waals surface area (Å²) in [6.07, 6.45) is 5.13. The van der Waals surface area contributed by atoms with Gasteiger partial charge in [-0.05, 0) is 18.1 Å². The summed E-state index contributed by atoms with van der Waals surface area (Å²) in [4.78, 5) is 13.0. The van der Waals surface area contributed by atoms with Crippen molar-refractivity contribution in [3.8, 4) is 5.75 Å². The molecule has 100 valence electrons. The number of hydrogen-bond donors (Lipinski definition) is 0. The van der Waals surface area contributed by atoms with Gasteiger partial charge in [-0.15, -0.1) is 0 Å². The van der Waals surface area contributed by atoms with E-state index in [4.69, 9.17) is 9.47 Å². The topological polar surface area (TPSA) is 38.8 Å². The van der Waals surface area contributed by atoms with E-state index in [0.717, 1.165) is 12.2 Å². The number of hydrogen-bond acceptors (Lipinski definition) is 3. The Morgan fingerprint density at radius 1 is 1.47 bits per heavy atom. The minimum Gasteiger partial charge on any atom is -0.490 e. The molecule has 1 heterocycles. The standard InChI is InChI=1S/C15H17NO3/c1-16-8-12(18-10-15(16)17)9-19-14-7-3-5-11-4-2-6-13(11)14/h2-5,7,12H,6,8-10H2,1H3. The number of ether oxygens (including phenoxy) is 2. The first kappa shape index (κ1) is 12.2. The van der Waals surface area contributed by atoms with Crippen molar-refractivity contribution in [3.63, 3.8) is 0 Å². The summed E-state index contributed by atoms with van der Waals surface area (Å²) in [5, 5.41) is 0. The molecule has 4 nitrogen and oxygen atoms in total. The molecule has 1 aliphatic carbocycles. The number of nitrogens with zero attached hydrogens (tertiary/aromatic N) is 1. The fraction of sp³-hybridized carbons (Fsp3) is 0.400. The van der Waals surface area contributed by atoms with Gasteiger partial charge in [0.15, 0.2) is 0 Å². The summed E-state index contributed by atoms with van der Waals surface area (Å²) in [6.45, 7) is 1.22. The van der Waals surface area contributed by atoms with Crippen molar-refractivity contribution in [3.05, 3.63) is 35.4 Å². The van der Waals surface area contributed by atoms with Gasteiger partial charge in [0.2, 0.25) is 5.91 Å². The monoisotopic (exact) mass is 259 g/mol. The van der Waals surface area contributed by atoms with Crippen LogP contribution in [0.25, 0.3) is 6.08 Å². The van der Waals surface area contributed by atoms with E-state index in [1.165, 1.54) is 11.1 Å². The summed E-state index contributed by atoms with van der Waals surface area (Å²) in [7, 11) is 1.79. The Bertz CT molecular complexity index is 524. The summed E-state index contributed by atoms with van der Waals surface area (Å²) in [5.41, 5.74) is 2.47. The molecule has 3 rings (SSSR count). The number of rotatable bonds is 3. The highest BCUT2D eigenvalue weighted by Gasteiger charge is 2.24. The number of carbonyl (C=O) groups excluding carboxylic acids is 1. The molecule has 0 aromatic heterocycles. The van der Waals surface area contributed by atoms with E-state index < -0.39 is 0 Å². The van der Waals surface area contributed by atoms with Crippen molar-refractivity contribution in [2.24, 2.45) is 0 Å². The minimum atomic E-state index is -0.0482. The molecule has 1 fully saturated rings. The van der Waals surface area contributed by atoms with E-state index in [-0.39, 0.29) is 18.6 Å². The lowest BCUT2D eigenvalue weighted by Crippen LogP contribution is -2.46. The summed E-state index contributed by atoms with van der Waals surface area (Å²) >= 11 is 0. The van der Waals surface area contributed by atoms with Crippen molar-refractivity contribution in [2.75, 3.05) is 26.8 Å². The lowest BCUT2D eigenvalue weighted by molar-refractivity contribution is -0.148. The van der Waals surface area contributed by atoms with Gasteiger partial charge in [0.05, 0.1) is 0 Å². The molecule has 19 heavy (non-hydrogen) atoms. The molecule has 4 heteroatoms. The van der Waals surface area contributed by atoms with Gasteiger partial charge < -0.3 is 14.4 Å². The van der Waals surface area contributed by atoms with Crippen LogP contribution in [0.1, 0.15) is 11.1 Å². The zero-order valence-electron chi connectivity index (χ0n) is 11.0. The fourth-order valence-corrected chi connectivity index (χ4v) is 2.44. The molecule has 0 spiro atoms. The Hall–Kier alpha value is -1.81. The SMILES string of the molecule is CN1CC(COc2cccc3c2CC=C3)OCC1=O. The molecule has 1 saturated heterocycles. The molecule has 1 aromatic carbocycles. The maximum Gasteiger partial charge on any atom is 0.248 e. The van der Waals surface area contributed by atoms with Crippen LogP contribution in [0.3, 0.4) is 0 Å². The van der Waals surface area contributed by atoms with E-state index in [1.807, 2.05) is 12.1 Å². The highest BCUT2D eigenvalue weighted by atomic mass is 16.5. The zero-order chi connectivity index (χ0) is 13.2. The molecule has 1 aliphatic heterocycles. The third-order valence-electron chi connectivity index (χ3n) is 3.56. The van der Waals surface area contributed by atoms with Crippen LogP contribution in [0.5, 0.6) is 5.75 Å². The van der Waals surface area contributed by atoms with Crippen LogP contribution in [0.15, 0.2) is 24.3 Å². The van der Waals surface area contributed by atoms with E-state index in [1.54, 1.807) is 11.9 Å². The maximum absolute atomic E-state index is 11.3. The second-order valence-corrected chi connectivity index (χ2v) is 4.95. The van der Waals surface area contributed by atoms with Crippen molar-refractivity contribution in [1.29, 1.82) is 0 Å². The third-order valence-corrected chi connectivity index (χ3v) is 3.56. The minimum absolute atomic E-state index is 0.0288. The Labute approximate surface area is 112 Å². The quantitative estimate of drug-likeness (QED) is 0.825. The van der Waals surface area contributed by atoms with Crippen LogP contribution in [0, 0.1) is 0 Å². The first-order chi connectivity index (χ1) is 9.24. The largest absolute Gasteiger partial charge is 0.490 e. The van der Waals surface area contributed by atoms with Crippen LogP contribution >= 0.6 is 0 Å². The van der Waals surface area contributed by atoms with Gasteiger partial charge in [0.1, 0.15) is 25.1 Å². The van der Waals surface area contributed by atoms with Crippen LogP contribution in [0.2, 0.25) is 0 Å². The lowest BCUT2D eigenvalue weighted by atomic mass is 10.1. The molecule has 1 amide bonds. The summed E-state index contributed by atoms with van der Waals surface area (Å²) in [5.74, 6) is 0.951. The third kappa shape index (κ3) is 2.49. The molecule has 0 bridgehead atoms. The molecule has 0 radical (unpaired) electrons. The molecule has 1 unspecified atom stereocenters. The maximum atomic E-state index is 11.3. The van der Waals surface area contributed by atoms with Crippen LogP contribution in [-0.2, 0) is 16.0 Å². The van der Waals surface area contributed by atoms with Crippen molar-refractivity contribution in [1.82, 2.24) is 4.90 Å². The number of morpholine rings is 1. The van der Waals surface area contributed by atoms with E-state index in [2.05, 4.69) is 18.2 Å². The number of allylic oxidation sites excluding steroid dienone is 1. The first-order valence-electron chi connectivity index (χ1n) is 6.51. The van der Waals surface area contributed by atoms with E-state index >= 15 is 0 Å². The van der Waals surface area contributed by atoms with Crippen LogP contribution in [-0.4, -0.2) is 43.7 Å². The Morgan fingerprint density at radius 3 is 3.21 bits per heavy atom. The Kier molecular flexibility index (Phi) is 3.25. The smallest absolute Gasteiger partial charge is 0.248 e. The summed E-state index contributed by atoms with van der Waals surface area (Å²) < 4.78 is 11.3. The predicted octanol–water partition coefficient (Wildman–Crippen LogP) is 1.49. The van der Waals surface area contributed by atoms with E-state index in [0.29, 0.717) is 13.2 Å². The van der Waals surface area contributed by atoms with E-state index in [9.17, 15) is 4.79 Å². The molecular formula is C15H17NO3. The van der Waals surface area contributed by atoms with Crippen molar-refractivity contribution >= 4 is 12.0 Å². The Balaban J connectivity index is 1.61. The van der Waals surface area contributed by atoms with Crippen molar-refractivity contribution in [2.45, 2.75) is 12.5 Å². The highest BCUT2D eigenvalue weighted by Crippen LogP contribution is 2.28. The molecule has 0 saturated carbocycles. The average molecular weight is 259 g/mol. The highest BCUT2D eigenvalue weighted by molar-refractivity contribution is 5.77. The molecular weight excluding hydrogens is 242 g/mol. The van der Waals surface area contributed by atoms with Crippen molar-refractivity contribution < 1.29 is 14.3 Å².